The van der Waals surface area contributed by atoms with Crippen LogP contribution in [0.1, 0.15) is 23.0 Å². The average molecular weight is 364 g/mol. The number of aromatic amines is 1. The van der Waals surface area contributed by atoms with Gasteiger partial charge in [0.25, 0.3) is 0 Å². The van der Waals surface area contributed by atoms with Gasteiger partial charge in [0.15, 0.2) is 0 Å². The van der Waals surface area contributed by atoms with E-state index in [1.807, 2.05) is 29.8 Å². The quantitative estimate of drug-likeness (QED) is 0.581. The van der Waals surface area contributed by atoms with Crippen LogP contribution in [0.25, 0.3) is 11.0 Å². The number of benzene rings is 2. The summed E-state index contributed by atoms with van der Waals surface area (Å²) in [7, 11) is 0. The fraction of sp³-hybridized carbons (Fsp3) is 0.105. The maximum absolute atomic E-state index is 13.4. The molecular formula is C19H15FN5O2-. The Kier molecular flexibility index (Phi) is 4.08. The molecule has 2 aromatic carbocycles. The maximum Gasteiger partial charge on any atom is 0.206 e. The second-order valence-electron chi connectivity index (χ2n) is 6.11. The van der Waals surface area contributed by atoms with E-state index in [2.05, 4.69) is 20.3 Å². The predicted molar refractivity (Wildman–Crippen MR) is 95.7 cm³/mol. The number of imidazole rings is 2. The molecule has 136 valence electrons. The minimum absolute atomic E-state index is 0.0966. The summed E-state index contributed by atoms with van der Waals surface area (Å²) in [6.07, 6.45) is 2.14. The molecule has 0 aliphatic heterocycles. The molecule has 27 heavy (non-hydrogen) atoms. The lowest BCUT2D eigenvalue weighted by Crippen LogP contribution is -2.29. The summed E-state index contributed by atoms with van der Waals surface area (Å²) in [6, 6.07) is 11.7. The zero-order valence-electron chi connectivity index (χ0n) is 14.3. The number of aryl methyl sites for hydroxylation is 1. The van der Waals surface area contributed by atoms with Crippen LogP contribution < -0.4 is 10.4 Å². The third kappa shape index (κ3) is 3.24. The van der Waals surface area contributed by atoms with Crippen LogP contribution in [0.5, 0.6) is 0 Å². The molecular weight excluding hydrogens is 349 g/mol. The van der Waals surface area contributed by atoms with Gasteiger partial charge in [0.1, 0.15) is 17.7 Å². The van der Waals surface area contributed by atoms with E-state index in [0.29, 0.717) is 11.0 Å². The Bertz CT molecular complexity index is 1120. The molecule has 0 spiro atoms. The van der Waals surface area contributed by atoms with Crippen LogP contribution in [-0.2, 0) is 0 Å². The summed E-state index contributed by atoms with van der Waals surface area (Å²) in [5, 5.41) is 12.8. The average Bonchev–Trinajstić information content (AvgIpc) is 3.22. The number of carboxylic acid groups (broad SMARTS) is 1. The smallest absolute Gasteiger partial charge is 0.206 e. The van der Waals surface area contributed by atoms with Crippen LogP contribution in [0.3, 0.4) is 0 Å². The Hall–Kier alpha value is -3.68. The van der Waals surface area contributed by atoms with E-state index >= 15 is 0 Å². The van der Waals surface area contributed by atoms with Gasteiger partial charge >= 0.3 is 0 Å². The molecule has 2 heterocycles. The molecule has 1 unspecified atom stereocenters. The van der Waals surface area contributed by atoms with Crippen LogP contribution in [0, 0.1) is 12.7 Å². The van der Waals surface area contributed by atoms with Crippen molar-refractivity contribution in [3.63, 3.8) is 0 Å². The highest BCUT2D eigenvalue weighted by molar-refractivity contribution is 5.84. The highest BCUT2D eigenvalue weighted by Gasteiger charge is 2.19. The van der Waals surface area contributed by atoms with E-state index in [1.54, 1.807) is 24.4 Å². The van der Waals surface area contributed by atoms with Gasteiger partial charge in [0, 0.05) is 12.4 Å². The number of nitrogens with one attached hydrogen (secondary N) is 2. The first-order chi connectivity index (χ1) is 13.0. The van der Waals surface area contributed by atoms with E-state index in [4.69, 9.17) is 0 Å². The number of hydrogen-bond donors (Lipinski definition) is 2. The SMILES string of the molecule is Cc1nccn1C(c1ccc(F)cc1)c1ccc2nc(NC(=O)[O-])[nH]c2c1. The normalized spacial score (nSPS) is 12.2. The number of anilines is 1. The molecule has 2 N–H and O–H groups in total. The topological polar surface area (TPSA) is 98.7 Å². The number of amides is 1. The summed E-state index contributed by atoms with van der Waals surface area (Å²) >= 11 is 0. The van der Waals surface area contributed by atoms with Crippen molar-refractivity contribution in [2.75, 3.05) is 5.32 Å². The Morgan fingerprint density at radius 2 is 1.96 bits per heavy atom. The van der Waals surface area contributed by atoms with E-state index in [9.17, 15) is 14.3 Å². The molecule has 0 bridgehead atoms. The van der Waals surface area contributed by atoms with E-state index in [1.165, 1.54) is 12.1 Å². The number of carbonyl (C=O) groups excluding carboxylic acids is 1. The number of rotatable bonds is 4. The molecule has 1 amide bonds. The lowest BCUT2D eigenvalue weighted by Gasteiger charge is -2.21. The van der Waals surface area contributed by atoms with E-state index in [-0.39, 0.29) is 17.8 Å². The first-order valence-corrected chi connectivity index (χ1v) is 8.24. The van der Waals surface area contributed by atoms with Gasteiger partial charge in [-0.3, -0.25) is 0 Å². The van der Waals surface area contributed by atoms with Crippen LogP contribution in [0.15, 0.2) is 54.9 Å². The van der Waals surface area contributed by atoms with Crippen molar-refractivity contribution in [3.05, 3.63) is 77.6 Å². The molecule has 1 atom stereocenters. The fourth-order valence-electron chi connectivity index (χ4n) is 3.17. The molecule has 2 aromatic heterocycles. The molecule has 0 saturated heterocycles. The molecule has 4 rings (SSSR count). The van der Waals surface area contributed by atoms with Gasteiger partial charge in [0.05, 0.1) is 17.1 Å². The zero-order chi connectivity index (χ0) is 19.0. The van der Waals surface area contributed by atoms with Crippen molar-refractivity contribution >= 4 is 23.1 Å². The minimum Gasteiger partial charge on any atom is -0.530 e. The predicted octanol–water partition coefficient (Wildman–Crippen LogP) is 2.60. The number of halogens is 1. The second-order valence-corrected chi connectivity index (χ2v) is 6.11. The number of nitrogens with zero attached hydrogens (tertiary/aromatic N) is 3. The molecule has 0 radical (unpaired) electrons. The number of carbonyl (C=O) groups is 1. The number of aromatic nitrogens is 4. The maximum atomic E-state index is 13.4. The van der Waals surface area contributed by atoms with Gasteiger partial charge < -0.3 is 24.8 Å². The van der Waals surface area contributed by atoms with Crippen molar-refractivity contribution in [1.82, 2.24) is 19.5 Å². The monoisotopic (exact) mass is 364 g/mol. The Balaban J connectivity index is 1.83. The molecule has 7 nitrogen and oxygen atoms in total. The highest BCUT2D eigenvalue weighted by Crippen LogP contribution is 2.30. The third-order valence-electron chi connectivity index (χ3n) is 4.37. The summed E-state index contributed by atoms with van der Waals surface area (Å²) in [5.41, 5.74) is 3.09. The first-order valence-electron chi connectivity index (χ1n) is 8.24. The van der Waals surface area contributed by atoms with Crippen molar-refractivity contribution in [2.24, 2.45) is 0 Å². The second kappa shape index (κ2) is 6.56. The van der Waals surface area contributed by atoms with Crippen molar-refractivity contribution in [2.45, 2.75) is 13.0 Å². The summed E-state index contributed by atoms with van der Waals surface area (Å²) in [6.45, 7) is 1.90. The first kappa shape index (κ1) is 16.8. The van der Waals surface area contributed by atoms with Crippen LogP contribution >= 0.6 is 0 Å². The standard InChI is InChI=1S/C19H16FN5O2/c1-11-21-8-9-25(11)17(12-2-5-14(20)6-3-12)13-4-7-15-16(10-13)23-18(22-15)24-19(26)27/h2-10,17H,1H3,(H,26,27)(H2,22,23,24)/p-1. The Morgan fingerprint density at radius 1 is 1.22 bits per heavy atom. The van der Waals surface area contributed by atoms with Gasteiger partial charge in [-0.2, -0.15) is 0 Å². The van der Waals surface area contributed by atoms with Gasteiger partial charge in [-0.15, -0.1) is 0 Å². The third-order valence-corrected chi connectivity index (χ3v) is 4.37. The zero-order valence-corrected chi connectivity index (χ0v) is 14.3. The lowest BCUT2D eigenvalue weighted by molar-refractivity contribution is -0.242. The molecule has 0 aliphatic rings. The van der Waals surface area contributed by atoms with Crippen LogP contribution in [-0.4, -0.2) is 25.6 Å². The Labute approximate surface area is 153 Å². The summed E-state index contributed by atoms with van der Waals surface area (Å²) in [4.78, 5) is 22.1. The fourth-order valence-corrected chi connectivity index (χ4v) is 3.17. The van der Waals surface area contributed by atoms with Crippen molar-refractivity contribution in [3.8, 4) is 0 Å². The van der Waals surface area contributed by atoms with Gasteiger partial charge in [0.2, 0.25) is 5.95 Å². The van der Waals surface area contributed by atoms with Gasteiger partial charge in [-0.1, -0.05) is 18.2 Å². The highest BCUT2D eigenvalue weighted by atomic mass is 19.1. The van der Waals surface area contributed by atoms with Crippen molar-refractivity contribution in [1.29, 1.82) is 0 Å². The van der Waals surface area contributed by atoms with Gasteiger partial charge in [-0.05, 0) is 42.3 Å². The summed E-state index contributed by atoms with van der Waals surface area (Å²) in [5.74, 6) is 0.606. The molecule has 0 saturated carbocycles. The Morgan fingerprint density at radius 3 is 2.63 bits per heavy atom. The molecule has 0 aliphatic carbocycles. The molecule has 4 aromatic rings. The van der Waals surface area contributed by atoms with Crippen molar-refractivity contribution < 1.29 is 14.3 Å². The van der Waals surface area contributed by atoms with Crippen LogP contribution in [0.4, 0.5) is 15.1 Å². The van der Waals surface area contributed by atoms with Gasteiger partial charge in [-0.25, -0.2) is 14.4 Å². The largest absolute Gasteiger partial charge is 0.530 e. The minimum atomic E-state index is -1.44. The van der Waals surface area contributed by atoms with Crippen LogP contribution in [0.2, 0.25) is 0 Å². The molecule has 8 heteroatoms. The number of H-pyrrole nitrogens is 1. The number of hydrogen-bond acceptors (Lipinski definition) is 4. The molecule has 0 fully saturated rings. The number of fused-ring (bicyclic) bond motifs is 1. The lowest BCUT2D eigenvalue weighted by atomic mass is 9.97. The summed E-state index contributed by atoms with van der Waals surface area (Å²) < 4.78 is 15.4. The van der Waals surface area contributed by atoms with E-state index < -0.39 is 6.09 Å². The van der Waals surface area contributed by atoms with E-state index in [0.717, 1.165) is 17.0 Å².